The van der Waals surface area contributed by atoms with E-state index in [0.717, 1.165) is 32.9 Å². The van der Waals surface area contributed by atoms with E-state index in [0.29, 0.717) is 11.1 Å². The van der Waals surface area contributed by atoms with Crippen molar-refractivity contribution in [3.05, 3.63) is 72.1 Å². The van der Waals surface area contributed by atoms with Crippen molar-refractivity contribution in [2.45, 2.75) is 0 Å². The molecule has 0 bridgehead atoms. The van der Waals surface area contributed by atoms with Gasteiger partial charge in [0.1, 0.15) is 0 Å². The lowest BCUT2D eigenvalue weighted by Gasteiger charge is -2.07. The molecule has 3 N–H and O–H groups in total. The summed E-state index contributed by atoms with van der Waals surface area (Å²) in [7, 11) is 0. The zero-order valence-corrected chi connectivity index (χ0v) is 13.1. The summed E-state index contributed by atoms with van der Waals surface area (Å²) >= 11 is 0. The summed E-state index contributed by atoms with van der Waals surface area (Å²) in [6, 6.07) is 15.3. The number of para-hydroxylation sites is 2. The van der Waals surface area contributed by atoms with Crippen molar-refractivity contribution in [1.29, 1.82) is 0 Å². The molecule has 0 saturated heterocycles. The summed E-state index contributed by atoms with van der Waals surface area (Å²) in [5.74, 6) is -0.740. The van der Waals surface area contributed by atoms with Gasteiger partial charge in [-0.25, -0.2) is 0 Å². The molecule has 0 saturated carbocycles. The van der Waals surface area contributed by atoms with E-state index in [4.69, 9.17) is 0 Å². The highest BCUT2D eigenvalue weighted by molar-refractivity contribution is 6.50. The lowest BCUT2D eigenvalue weighted by Crippen LogP contribution is -2.22. The average Bonchev–Trinajstić information content (AvgIpc) is 3.32. The third-order valence-corrected chi connectivity index (χ3v) is 4.64. The number of imide groups is 1. The Kier molecular flexibility index (Phi) is 2.73. The van der Waals surface area contributed by atoms with Crippen LogP contribution in [-0.2, 0) is 9.59 Å². The van der Waals surface area contributed by atoms with Crippen LogP contribution in [-0.4, -0.2) is 21.8 Å². The largest absolute Gasteiger partial charge is 0.361 e. The maximum atomic E-state index is 12.6. The molecule has 0 radical (unpaired) electrons. The Balaban J connectivity index is 1.88. The van der Waals surface area contributed by atoms with Gasteiger partial charge in [0.05, 0.1) is 22.2 Å². The minimum absolute atomic E-state index is 0.370. The zero-order valence-electron chi connectivity index (χ0n) is 13.1. The molecule has 1 aliphatic heterocycles. The third-order valence-electron chi connectivity index (χ3n) is 4.64. The van der Waals surface area contributed by atoms with Crippen LogP contribution in [0.3, 0.4) is 0 Å². The molecule has 4 aromatic rings. The van der Waals surface area contributed by atoms with Crippen molar-refractivity contribution >= 4 is 44.8 Å². The molecule has 25 heavy (non-hydrogen) atoms. The maximum Gasteiger partial charge on any atom is 0.259 e. The van der Waals surface area contributed by atoms with Gasteiger partial charge in [0.15, 0.2) is 0 Å². The highest BCUT2D eigenvalue weighted by Gasteiger charge is 2.34. The van der Waals surface area contributed by atoms with Gasteiger partial charge in [0.2, 0.25) is 0 Å². The summed E-state index contributed by atoms with van der Waals surface area (Å²) in [5.41, 5.74) is 3.95. The Bertz CT molecular complexity index is 1120. The van der Waals surface area contributed by atoms with Crippen molar-refractivity contribution in [2.75, 3.05) is 0 Å². The number of aromatic amines is 2. The quantitative estimate of drug-likeness (QED) is 0.494. The summed E-state index contributed by atoms with van der Waals surface area (Å²) in [6.45, 7) is 0. The van der Waals surface area contributed by atoms with Gasteiger partial charge in [-0.2, -0.15) is 0 Å². The molecule has 0 fully saturated rings. The Morgan fingerprint density at radius 3 is 1.56 bits per heavy atom. The first-order chi connectivity index (χ1) is 12.2. The Labute approximate surface area is 142 Å². The number of rotatable bonds is 2. The number of hydrogen-bond donors (Lipinski definition) is 3. The maximum absolute atomic E-state index is 12.6. The first-order valence-corrected chi connectivity index (χ1v) is 7.97. The van der Waals surface area contributed by atoms with Gasteiger partial charge in [-0.1, -0.05) is 36.4 Å². The molecule has 0 aliphatic carbocycles. The topological polar surface area (TPSA) is 77.8 Å². The SMILES string of the molecule is O=C1NC(=O)C(c2cccc3cc[nH]c23)=C1c1cccc2cc[nH]c12. The predicted molar refractivity (Wildman–Crippen MR) is 96.6 cm³/mol. The van der Waals surface area contributed by atoms with E-state index in [1.165, 1.54) is 0 Å². The van der Waals surface area contributed by atoms with Gasteiger partial charge in [-0.05, 0) is 22.9 Å². The van der Waals surface area contributed by atoms with Crippen LogP contribution in [0.25, 0.3) is 33.0 Å². The summed E-state index contributed by atoms with van der Waals surface area (Å²) in [5, 5.41) is 4.44. The molecule has 3 heterocycles. The number of hydrogen-bond acceptors (Lipinski definition) is 2. The Morgan fingerprint density at radius 1 is 0.600 bits per heavy atom. The highest BCUT2D eigenvalue weighted by atomic mass is 16.2. The number of fused-ring (bicyclic) bond motifs is 2. The van der Waals surface area contributed by atoms with Crippen LogP contribution in [0.5, 0.6) is 0 Å². The summed E-state index contributed by atoms with van der Waals surface area (Å²) in [4.78, 5) is 31.5. The van der Waals surface area contributed by atoms with E-state index in [2.05, 4.69) is 15.3 Å². The Morgan fingerprint density at radius 2 is 1.08 bits per heavy atom. The molecule has 0 atom stereocenters. The predicted octanol–water partition coefficient (Wildman–Crippen LogP) is 3.22. The Hall–Kier alpha value is -3.60. The molecule has 5 rings (SSSR count). The minimum Gasteiger partial charge on any atom is -0.361 e. The van der Waals surface area contributed by atoms with Crippen molar-refractivity contribution < 1.29 is 9.59 Å². The van der Waals surface area contributed by atoms with Crippen molar-refractivity contribution in [3.63, 3.8) is 0 Å². The van der Waals surface area contributed by atoms with Gasteiger partial charge in [0.25, 0.3) is 11.8 Å². The summed E-state index contributed by atoms with van der Waals surface area (Å²) in [6.07, 6.45) is 3.66. The van der Waals surface area contributed by atoms with Crippen LogP contribution in [0.1, 0.15) is 11.1 Å². The average molecular weight is 327 g/mol. The second-order valence-corrected chi connectivity index (χ2v) is 6.03. The number of aromatic nitrogens is 2. The first kappa shape index (κ1) is 13.8. The second kappa shape index (κ2) is 4.95. The normalized spacial score (nSPS) is 14.7. The van der Waals surface area contributed by atoms with Crippen LogP contribution in [0.15, 0.2) is 60.9 Å². The molecule has 1 aliphatic rings. The van der Waals surface area contributed by atoms with Gasteiger partial charge >= 0.3 is 0 Å². The number of H-pyrrole nitrogens is 2. The zero-order chi connectivity index (χ0) is 17.0. The monoisotopic (exact) mass is 327 g/mol. The first-order valence-electron chi connectivity index (χ1n) is 7.97. The van der Waals surface area contributed by atoms with E-state index in [-0.39, 0.29) is 11.8 Å². The molecule has 2 aromatic carbocycles. The molecule has 120 valence electrons. The minimum atomic E-state index is -0.370. The van der Waals surface area contributed by atoms with E-state index in [1.54, 1.807) is 0 Å². The fraction of sp³-hybridized carbons (Fsp3) is 0. The molecule has 2 aromatic heterocycles. The second-order valence-electron chi connectivity index (χ2n) is 6.03. The summed E-state index contributed by atoms with van der Waals surface area (Å²) < 4.78 is 0. The van der Waals surface area contributed by atoms with E-state index >= 15 is 0 Å². The molecular weight excluding hydrogens is 314 g/mol. The molecular formula is C20H13N3O2. The molecule has 5 nitrogen and oxygen atoms in total. The van der Waals surface area contributed by atoms with Crippen LogP contribution in [0, 0.1) is 0 Å². The third kappa shape index (κ3) is 1.89. The smallest absolute Gasteiger partial charge is 0.259 e. The van der Waals surface area contributed by atoms with E-state index < -0.39 is 0 Å². The van der Waals surface area contributed by atoms with Gasteiger partial charge in [-0.3, -0.25) is 14.9 Å². The van der Waals surface area contributed by atoms with Crippen LogP contribution in [0.4, 0.5) is 0 Å². The fourth-order valence-corrected chi connectivity index (χ4v) is 3.56. The fourth-order valence-electron chi connectivity index (χ4n) is 3.56. The van der Waals surface area contributed by atoms with Crippen molar-refractivity contribution in [2.24, 2.45) is 0 Å². The number of carbonyl (C=O) groups is 2. The lowest BCUT2D eigenvalue weighted by molar-refractivity contribution is -0.122. The van der Waals surface area contributed by atoms with Gasteiger partial charge < -0.3 is 9.97 Å². The van der Waals surface area contributed by atoms with Crippen LogP contribution in [0.2, 0.25) is 0 Å². The standard InChI is InChI=1S/C20H13N3O2/c24-19-15(13-5-1-3-11-7-9-21-17(11)13)16(20(25)23-19)14-6-2-4-12-8-10-22-18(12)14/h1-10,21-22H,(H,23,24,25). The number of amides is 2. The molecule has 2 amide bonds. The number of carbonyl (C=O) groups excluding carboxylic acids is 2. The van der Waals surface area contributed by atoms with Gasteiger partial charge in [0, 0.05) is 23.5 Å². The number of benzene rings is 2. The van der Waals surface area contributed by atoms with Crippen LogP contribution >= 0.6 is 0 Å². The van der Waals surface area contributed by atoms with Crippen molar-refractivity contribution in [3.8, 4) is 0 Å². The molecule has 0 spiro atoms. The van der Waals surface area contributed by atoms with E-state index in [1.807, 2.05) is 60.9 Å². The van der Waals surface area contributed by atoms with Crippen molar-refractivity contribution in [1.82, 2.24) is 15.3 Å². The van der Waals surface area contributed by atoms with Crippen LogP contribution < -0.4 is 5.32 Å². The lowest BCUT2D eigenvalue weighted by atomic mass is 9.94. The molecule has 5 heteroatoms. The molecule has 0 unspecified atom stereocenters. The van der Waals surface area contributed by atoms with Gasteiger partial charge in [-0.15, -0.1) is 0 Å². The highest BCUT2D eigenvalue weighted by Crippen LogP contribution is 2.36. The van der Waals surface area contributed by atoms with E-state index in [9.17, 15) is 9.59 Å². The number of nitrogens with one attached hydrogen (secondary N) is 3.